The fraction of sp³-hybridized carbons (Fsp3) is 0.200. The fourth-order valence-electron chi connectivity index (χ4n) is 3.83. The van der Waals surface area contributed by atoms with Gasteiger partial charge < -0.3 is 19.6 Å². The summed E-state index contributed by atoms with van der Waals surface area (Å²) in [5, 5.41) is 9.64. The second-order valence-corrected chi connectivity index (χ2v) is 8.07. The molecule has 2 aromatic carbocycles. The van der Waals surface area contributed by atoms with Gasteiger partial charge in [-0.1, -0.05) is 0 Å². The van der Waals surface area contributed by atoms with Crippen molar-refractivity contribution >= 4 is 16.9 Å². The number of aromatic amines is 1. The average molecular weight is 524 g/mol. The second-order valence-electron chi connectivity index (χ2n) is 8.07. The van der Waals surface area contributed by atoms with E-state index in [4.69, 9.17) is 9.84 Å². The van der Waals surface area contributed by atoms with E-state index >= 15 is 0 Å². The Kier molecular flexibility index (Phi) is 6.76. The van der Waals surface area contributed by atoms with Crippen molar-refractivity contribution in [3.05, 3.63) is 77.1 Å². The van der Waals surface area contributed by atoms with Crippen LogP contribution in [-0.4, -0.2) is 27.4 Å². The molecule has 2 aromatic heterocycles. The van der Waals surface area contributed by atoms with Crippen LogP contribution in [0.15, 0.2) is 54.7 Å². The SMILES string of the molecule is Cc1nc(-c2ccc(OC(F)(F)F)cc2)cc(C(F)(F)F)c1COc1ccc2c(CC(=O)O)c[nH]c2c1. The summed E-state index contributed by atoms with van der Waals surface area (Å²) < 4.78 is 88.3. The Labute approximate surface area is 205 Å². The Bertz CT molecular complexity index is 1440. The number of alkyl halides is 6. The highest BCUT2D eigenvalue weighted by atomic mass is 19.4. The highest BCUT2D eigenvalue weighted by molar-refractivity contribution is 5.87. The molecule has 0 fully saturated rings. The molecule has 2 N–H and O–H groups in total. The number of halogens is 6. The van der Waals surface area contributed by atoms with E-state index in [1.165, 1.54) is 25.1 Å². The molecule has 37 heavy (non-hydrogen) atoms. The van der Waals surface area contributed by atoms with Gasteiger partial charge in [0.25, 0.3) is 0 Å². The van der Waals surface area contributed by atoms with Gasteiger partial charge in [-0.2, -0.15) is 13.2 Å². The first-order valence-corrected chi connectivity index (χ1v) is 10.7. The molecule has 0 aliphatic heterocycles. The number of aromatic nitrogens is 2. The maximum absolute atomic E-state index is 13.9. The van der Waals surface area contributed by atoms with Crippen LogP contribution in [0.25, 0.3) is 22.2 Å². The molecule has 4 aromatic rings. The van der Waals surface area contributed by atoms with Gasteiger partial charge in [-0.3, -0.25) is 9.78 Å². The van der Waals surface area contributed by atoms with Gasteiger partial charge >= 0.3 is 18.5 Å². The van der Waals surface area contributed by atoms with Crippen molar-refractivity contribution in [3.8, 4) is 22.8 Å². The van der Waals surface area contributed by atoms with E-state index in [-0.39, 0.29) is 34.7 Å². The van der Waals surface area contributed by atoms with Crippen molar-refractivity contribution in [1.82, 2.24) is 9.97 Å². The first-order chi connectivity index (χ1) is 17.3. The van der Waals surface area contributed by atoms with Gasteiger partial charge in [0.2, 0.25) is 0 Å². The minimum atomic E-state index is -4.90. The number of pyridine rings is 1. The largest absolute Gasteiger partial charge is 0.573 e. The van der Waals surface area contributed by atoms with E-state index in [1.807, 2.05) is 0 Å². The van der Waals surface area contributed by atoms with Crippen molar-refractivity contribution in [2.75, 3.05) is 0 Å². The minimum Gasteiger partial charge on any atom is -0.489 e. The molecule has 4 rings (SSSR count). The number of hydrogen-bond acceptors (Lipinski definition) is 4. The lowest BCUT2D eigenvalue weighted by Crippen LogP contribution is -2.17. The van der Waals surface area contributed by atoms with Crippen LogP contribution in [0.2, 0.25) is 0 Å². The molecule has 0 aliphatic rings. The number of H-pyrrole nitrogens is 1. The number of fused-ring (bicyclic) bond motifs is 1. The molecule has 12 heteroatoms. The lowest BCUT2D eigenvalue weighted by atomic mass is 10.0. The third-order valence-corrected chi connectivity index (χ3v) is 5.48. The predicted octanol–water partition coefficient (Wildman–Crippen LogP) is 6.66. The summed E-state index contributed by atoms with van der Waals surface area (Å²) in [7, 11) is 0. The number of hydrogen-bond donors (Lipinski definition) is 2. The molecule has 0 saturated heterocycles. The highest BCUT2D eigenvalue weighted by Crippen LogP contribution is 2.37. The van der Waals surface area contributed by atoms with Crippen molar-refractivity contribution < 1.29 is 45.7 Å². The lowest BCUT2D eigenvalue weighted by Gasteiger charge is -2.18. The molecule has 194 valence electrons. The van der Waals surface area contributed by atoms with Crippen LogP contribution in [0, 0.1) is 6.92 Å². The van der Waals surface area contributed by atoms with Gasteiger partial charge in [0.05, 0.1) is 17.7 Å². The number of rotatable bonds is 7. The third kappa shape index (κ3) is 6.13. The maximum Gasteiger partial charge on any atom is 0.573 e. The van der Waals surface area contributed by atoms with E-state index in [1.54, 1.807) is 18.3 Å². The van der Waals surface area contributed by atoms with Gasteiger partial charge in [0, 0.05) is 40.0 Å². The summed E-state index contributed by atoms with van der Waals surface area (Å²) in [6, 6.07) is 9.85. The van der Waals surface area contributed by atoms with Crippen LogP contribution in [-0.2, 0) is 24.0 Å². The van der Waals surface area contributed by atoms with Crippen molar-refractivity contribution in [2.24, 2.45) is 0 Å². The van der Waals surface area contributed by atoms with Gasteiger partial charge in [-0.05, 0) is 55.0 Å². The van der Waals surface area contributed by atoms with Crippen LogP contribution in [0.4, 0.5) is 26.3 Å². The predicted molar refractivity (Wildman–Crippen MR) is 120 cm³/mol. The Morgan fingerprint density at radius 1 is 1.00 bits per heavy atom. The number of carboxylic acid groups (broad SMARTS) is 1. The smallest absolute Gasteiger partial charge is 0.489 e. The first-order valence-electron chi connectivity index (χ1n) is 10.7. The lowest BCUT2D eigenvalue weighted by molar-refractivity contribution is -0.274. The molecular weight excluding hydrogens is 506 g/mol. The maximum atomic E-state index is 13.9. The zero-order valence-corrected chi connectivity index (χ0v) is 19.0. The van der Waals surface area contributed by atoms with Crippen LogP contribution in [0.5, 0.6) is 11.5 Å². The number of nitrogens with zero attached hydrogens (tertiary/aromatic N) is 1. The molecule has 0 bridgehead atoms. The minimum absolute atomic E-state index is 0.0325. The molecule has 6 nitrogen and oxygen atoms in total. The summed E-state index contributed by atoms with van der Waals surface area (Å²) in [5.74, 6) is -1.26. The Morgan fingerprint density at radius 3 is 2.30 bits per heavy atom. The summed E-state index contributed by atoms with van der Waals surface area (Å²) in [6.45, 7) is 0.922. The number of nitrogens with one attached hydrogen (secondary N) is 1. The molecule has 2 heterocycles. The van der Waals surface area contributed by atoms with Crippen LogP contribution < -0.4 is 9.47 Å². The van der Waals surface area contributed by atoms with E-state index in [0.29, 0.717) is 16.5 Å². The normalized spacial score (nSPS) is 12.1. The zero-order chi connectivity index (χ0) is 27.0. The molecule has 0 aliphatic carbocycles. The molecular formula is C25H18F6N2O4. The number of aliphatic carboxylic acids is 1. The first kappa shape index (κ1) is 25.9. The van der Waals surface area contributed by atoms with E-state index in [2.05, 4.69) is 14.7 Å². The number of carboxylic acids is 1. The van der Waals surface area contributed by atoms with Crippen LogP contribution in [0.3, 0.4) is 0 Å². The fourth-order valence-corrected chi connectivity index (χ4v) is 3.83. The number of ether oxygens (including phenoxy) is 2. The molecule has 0 unspecified atom stereocenters. The third-order valence-electron chi connectivity index (χ3n) is 5.48. The zero-order valence-electron chi connectivity index (χ0n) is 19.0. The number of carbonyl (C=O) groups is 1. The molecule has 0 spiro atoms. The topological polar surface area (TPSA) is 84.4 Å². The monoisotopic (exact) mass is 524 g/mol. The Hall–Kier alpha value is -4.22. The van der Waals surface area contributed by atoms with Crippen LogP contribution in [0.1, 0.15) is 22.4 Å². The van der Waals surface area contributed by atoms with Crippen molar-refractivity contribution in [1.29, 1.82) is 0 Å². The summed E-state index contributed by atoms with van der Waals surface area (Å²) >= 11 is 0. The van der Waals surface area contributed by atoms with Crippen molar-refractivity contribution in [2.45, 2.75) is 32.5 Å². The summed E-state index contributed by atoms with van der Waals surface area (Å²) in [5.41, 5.74) is 0.0534. The van der Waals surface area contributed by atoms with E-state index in [9.17, 15) is 31.1 Å². The average Bonchev–Trinajstić information content (AvgIpc) is 3.18. The van der Waals surface area contributed by atoms with Gasteiger partial charge in [-0.15, -0.1) is 13.2 Å². The van der Waals surface area contributed by atoms with Gasteiger partial charge in [0.1, 0.15) is 18.1 Å². The van der Waals surface area contributed by atoms with Gasteiger partial charge in [-0.25, -0.2) is 0 Å². The molecule has 0 radical (unpaired) electrons. The van der Waals surface area contributed by atoms with Gasteiger partial charge in [0.15, 0.2) is 0 Å². The molecule has 0 saturated carbocycles. The number of aryl methyl sites for hydroxylation is 1. The molecule has 0 atom stereocenters. The number of benzene rings is 2. The molecule has 0 amide bonds. The van der Waals surface area contributed by atoms with Crippen LogP contribution >= 0.6 is 0 Å². The Morgan fingerprint density at radius 2 is 1.68 bits per heavy atom. The standard InChI is InChI=1S/C25H18F6N2O4/c1-13-19(12-36-17-6-7-18-15(8-23(34)35)11-32-22(18)9-17)20(24(26,27)28)10-21(33-13)14-2-4-16(5-3-14)37-25(29,30)31/h2-7,9-11,32H,8,12H2,1H3,(H,34,35). The summed E-state index contributed by atoms with van der Waals surface area (Å²) in [6.07, 6.45) is -8.30. The Balaban J connectivity index is 1.60. The summed E-state index contributed by atoms with van der Waals surface area (Å²) in [4.78, 5) is 18.1. The van der Waals surface area contributed by atoms with E-state index < -0.39 is 36.4 Å². The van der Waals surface area contributed by atoms with Crippen molar-refractivity contribution in [3.63, 3.8) is 0 Å². The van der Waals surface area contributed by atoms with E-state index in [0.717, 1.165) is 18.2 Å². The quantitative estimate of drug-likeness (QED) is 0.264. The highest BCUT2D eigenvalue weighted by Gasteiger charge is 2.35. The second kappa shape index (κ2) is 9.68.